The Hall–Kier alpha value is -1.63. The van der Waals surface area contributed by atoms with Crippen LogP contribution in [0.3, 0.4) is 0 Å². The summed E-state index contributed by atoms with van der Waals surface area (Å²) in [6.07, 6.45) is 1.58. The average molecular weight is 359 g/mol. The van der Waals surface area contributed by atoms with E-state index >= 15 is 0 Å². The van der Waals surface area contributed by atoms with Gasteiger partial charge in [0.05, 0.1) is 0 Å². The van der Waals surface area contributed by atoms with Crippen LogP contribution in [0.4, 0.5) is 9.18 Å². The summed E-state index contributed by atoms with van der Waals surface area (Å²) in [5.74, 6) is -1.49. The minimum Gasteiger partial charge on any atom is -0.480 e. The van der Waals surface area contributed by atoms with Gasteiger partial charge in [0.15, 0.2) is 0 Å². The zero-order valence-corrected chi connectivity index (χ0v) is 13.0. The Morgan fingerprint density at radius 3 is 2.71 bits per heavy atom. The van der Waals surface area contributed by atoms with Gasteiger partial charge in [-0.05, 0) is 49.4 Å². The van der Waals surface area contributed by atoms with Gasteiger partial charge in [-0.15, -0.1) is 0 Å². The molecule has 0 aliphatic heterocycles. The van der Waals surface area contributed by atoms with Crippen LogP contribution in [0.1, 0.15) is 25.3 Å². The van der Waals surface area contributed by atoms with Gasteiger partial charge in [0.25, 0.3) is 0 Å². The van der Waals surface area contributed by atoms with Crippen LogP contribution in [0.5, 0.6) is 0 Å². The fourth-order valence-electron chi connectivity index (χ4n) is 2.13. The summed E-state index contributed by atoms with van der Waals surface area (Å²) >= 11 is 3.27. The van der Waals surface area contributed by atoms with Crippen molar-refractivity contribution >= 4 is 27.9 Å². The SMILES string of the molecule is CC(NC(=O)NCc1cc(F)ccc1Br)(C(=O)O)C1CC1. The Bertz CT molecular complexity index is 577. The highest BCUT2D eigenvalue weighted by atomic mass is 79.9. The number of aliphatic carboxylic acids is 1. The Morgan fingerprint density at radius 1 is 1.48 bits per heavy atom. The van der Waals surface area contributed by atoms with Gasteiger partial charge in [0.2, 0.25) is 0 Å². The summed E-state index contributed by atoms with van der Waals surface area (Å²) in [5, 5.41) is 14.3. The number of carboxylic acid groups (broad SMARTS) is 1. The van der Waals surface area contributed by atoms with Crippen LogP contribution < -0.4 is 10.6 Å². The molecular weight excluding hydrogens is 343 g/mol. The van der Waals surface area contributed by atoms with Crippen molar-refractivity contribution in [3.63, 3.8) is 0 Å². The lowest BCUT2D eigenvalue weighted by atomic mass is 9.96. The molecule has 0 radical (unpaired) electrons. The number of nitrogens with one attached hydrogen (secondary N) is 2. The number of carboxylic acids is 1. The molecule has 7 heteroatoms. The van der Waals surface area contributed by atoms with Crippen LogP contribution in [-0.2, 0) is 11.3 Å². The number of benzene rings is 1. The molecule has 21 heavy (non-hydrogen) atoms. The smallest absolute Gasteiger partial charge is 0.329 e. The molecule has 0 heterocycles. The van der Waals surface area contributed by atoms with Crippen molar-refractivity contribution in [3.8, 4) is 0 Å². The Kier molecular flexibility index (Phi) is 4.51. The Labute approximate surface area is 130 Å². The maximum Gasteiger partial charge on any atom is 0.329 e. The number of hydrogen-bond acceptors (Lipinski definition) is 2. The van der Waals surface area contributed by atoms with Gasteiger partial charge in [-0.3, -0.25) is 0 Å². The van der Waals surface area contributed by atoms with E-state index in [-0.39, 0.29) is 12.5 Å². The molecule has 0 bridgehead atoms. The van der Waals surface area contributed by atoms with Gasteiger partial charge in [-0.25, -0.2) is 14.0 Å². The van der Waals surface area contributed by atoms with Gasteiger partial charge < -0.3 is 15.7 Å². The topological polar surface area (TPSA) is 78.4 Å². The molecule has 0 spiro atoms. The molecule has 3 N–H and O–H groups in total. The second-order valence-electron chi connectivity index (χ2n) is 5.33. The van der Waals surface area contributed by atoms with Crippen LogP contribution in [-0.4, -0.2) is 22.6 Å². The van der Waals surface area contributed by atoms with E-state index in [0.717, 1.165) is 12.8 Å². The van der Waals surface area contributed by atoms with Crippen molar-refractivity contribution in [2.75, 3.05) is 0 Å². The molecule has 1 atom stereocenters. The number of urea groups is 1. The molecule has 1 unspecified atom stereocenters. The molecule has 1 aromatic rings. The van der Waals surface area contributed by atoms with Gasteiger partial charge in [-0.2, -0.15) is 0 Å². The highest BCUT2D eigenvalue weighted by Crippen LogP contribution is 2.39. The monoisotopic (exact) mass is 358 g/mol. The lowest BCUT2D eigenvalue weighted by Crippen LogP contribution is -2.56. The minimum atomic E-state index is -1.26. The summed E-state index contributed by atoms with van der Waals surface area (Å²) in [4.78, 5) is 23.2. The van der Waals surface area contributed by atoms with Crippen molar-refractivity contribution < 1.29 is 19.1 Å². The largest absolute Gasteiger partial charge is 0.480 e. The lowest BCUT2D eigenvalue weighted by Gasteiger charge is -2.26. The number of halogens is 2. The first-order valence-corrected chi connectivity index (χ1v) is 7.35. The van der Waals surface area contributed by atoms with Crippen LogP contribution in [0, 0.1) is 11.7 Å². The lowest BCUT2D eigenvalue weighted by molar-refractivity contribution is -0.144. The first kappa shape index (κ1) is 15.8. The van der Waals surface area contributed by atoms with Crippen molar-refractivity contribution in [2.24, 2.45) is 5.92 Å². The standard InChI is InChI=1S/C14H16BrFN2O3/c1-14(12(19)20,9-2-3-9)18-13(21)17-7-8-6-10(16)4-5-11(8)15/h4-6,9H,2-3,7H2,1H3,(H,19,20)(H2,17,18,21). The van der Waals surface area contributed by atoms with E-state index in [1.54, 1.807) is 6.07 Å². The third-order valence-electron chi connectivity index (χ3n) is 3.66. The molecule has 5 nitrogen and oxygen atoms in total. The molecular formula is C14H16BrFN2O3. The fraction of sp³-hybridized carbons (Fsp3) is 0.429. The zero-order chi connectivity index (χ0) is 15.6. The normalized spacial score (nSPS) is 16.9. The van der Waals surface area contributed by atoms with E-state index in [1.165, 1.54) is 19.1 Å². The first-order valence-electron chi connectivity index (χ1n) is 6.56. The van der Waals surface area contributed by atoms with Gasteiger partial charge >= 0.3 is 12.0 Å². The number of amides is 2. The van der Waals surface area contributed by atoms with Crippen LogP contribution in [0.2, 0.25) is 0 Å². The molecule has 114 valence electrons. The Morgan fingerprint density at radius 2 is 2.14 bits per heavy atom. The molecule has 1 aromatic carbocycles. The van der Waals surface area contributed by atoms with E-state index in [4.69, 9.17) is 0 Å². The van der Waals surface area contributed by atoms with Crippen molar-refractivity contribution in [1.82, 2.24) is 10.6 Å². The summed E-state index contributed by atoms with van der Waals surface area (Å²) in [6, 6.07) is 3.59. The second-order valence-corrected chi connectivity index (χ2v) is 6.18. The molecule has 1 saturated carbocycles. The quantitative estimate of drug-likeness (QED) is 0.756. The highest BCUT2D eigenvalue weighted by Gasteiger charge is 2.48. The van der Waals surface area contributed by atoms with Crippen molar-refractivity contribution in [1.29, 1.82) is 0 Å². The van der Waals surface area contributed by atoms with E-state index < -0.39 is 23.4 Å². The molecule has 1 aliphatic rings. The summed E-state index contributed by atoms with van der Waals surface area (Å²) in [5.41, 5.74) is -0.683. The molecule has 2 rings (SSSR count). The van der Waals surface area contributed by atoms with Crippen LogP contribution in [0.25, 0.3) is 0 Å². The summed E-state index contributed by atoms with van der Waals surface area (Å²) in [6.45, 7) is 1.61. The van der Waals surface area contributed by atoms with Crippen molar-refractivity contribution in [2.45, 2.75) is 31.8 Å². The Balaban J connectivity index is 1.95. The van der Waals surface area contributed by atoms with E-state index in [1.807, 2.05) is 0 Å². The molecule has 1 fully saturated rings. The first-order chi connectivity index (χ1) is 9.83. The number of carbonyl (C=O) groups is 2. The van der Waals surface area contributed by atoms with Gasteiger partial charge in [-0.1, -0.05) is 15.9 Å². The minimum absolute atomic E-state index is 0.0401. The summed E-state index contributed by atoms with van der Waals surface area (Å²) in [7, 11) is 0. The summed E-state index contributed by atoms with van der Waals surface area (Å²) < 4.78 is 13.8. The van der Waals surface area contributed by atoms with Crippen LogP contribution in [0.15, 0.2) is 22.7 Å². The second kappa shape index (κ2) is 6.01. The predicted molar refractivity (Wildman–Crippen MR) is 78.2 cm³/mol. The van der Waals surface area contributed by atoms with E-state index in [0.29, 0.717) is 10.0 Å². The number of rotatable bonds is 5. The molecule has 1 aliphatic carbocycles. The number of carbonyl (C=O) groups excluding carboxylic acids is 1. The van der Waals surface area contributed by atoms with Crippen LogP contribution >= 0.6 is 15.9 Å². The van der Waals surface area contributed by atoms with E-state index in [2.05, 4.69) is 26.6 Å². The fourth-order valence-corrected chi connectivity index (χ4v) is 2.51. The van der Waals surface area contributed by atoms with Crippen molar-refractivity contribution in [3.05, 3.63) is 34.1 Å². The average Bonchev–Trinajstić information content (AvgIpc) is 3.24. The highest BCUT2D eigenvalue weighted by molar-refractivity contribution is 9.10. The third-order valence-corrected chi connectivity index (χ3v) is 4.43. The maximum absolute atomic E-state index is 13.1. The maximum atomic E-state index is 13.1. The number of hydrogen-bond donors (Lipinski definition) is 3. The molecule has 0 aromatic heterocycles. The van der Waals surface area contributed by atoms with E-state index in [9.17, 15) is 19.1 Å². The predicted octanol–water partition coefficient (Wildman–Crippen LogP) is 2.64. The zero-order valence-electron chi connectivity index (χ0n) is 11.5. The molecule has 0 saturated heterocycles. The van der Waals surface area contributed by atoms with Gasteiger partial charge in [0, 0.05) is 11.0 Å². The third kappa shape index (κ3) is 3.72. The van der Waals surface area contributed by atoms with Gasteiger partial charge in [0.1, 0.15) is 11.4 Å². The molecule has 2 amide bonds.